The number of aliphatic hydroxyl groups is 1. The van der Waals surface area contributed by atoms with Gasteiger partial charge in [-0.25, -0.2) is 0 Å². The molecule has 0 aliphatic heterocycles. The lowest BCUT2D eigenvalue weighted by Gasteiger charge is -2.11. The normalized spacial score (nSPS) is 12.4. The van der Waals surface area contributed by atoms with Crippen LogP contribution in [0.4, 0.5) is 0 Å². The van der Waals surface area contributed by atoms with E-state index in [1.54, 1.807) is 25.5 Å². The van der Waals surface area contributed by atoms with Gasteiger partial charge in [0.2, 0.25) is 0 Å². The van der Waals surface area contributed by atoms with Crippen LogP contribution in [0, 0.1) is 13.8 Å². The van der Waals surface area contributed by atoms with E-state index in [0.29, 0.717) is 17.0 Å². The minimum absolute atomic E-state index is 0.512. The number of aromatic nitrogens is 4. The zero-order valence-corrected chi connectivity index (χ0v) is 9.12. The second kappa shape index (κ2) is 4.32. The van der Waals surface area contributed by atoms with Crippen molar-refractivity contribution in [3.63, 3.8) is 0 Å². The Morgan fingerprint density at radius 2 is 2.00 bits per heavy atom. The summed E-state index contributed by atoms with van der Waals surface area (Å²) in [6.07, 6.45) is 3.86. The van der Waals surface area contributed by atoms with E-state index in [1.165, 1.54) is 0 Å². The van der Waals surface area contributed by atoms with Crippen molar-refractivity contribution in [3.8, 4) is 0 Å². The third kappa shape index (κ3) is 2.04. The molecule has 0 aliphatic carbocycles. The van der Waals surface area contributed by atoms with Gasteiger partial charge < -0.3 is 5.11 Å². The summed E-state index contributed by atoms with van der Waals surface area (Å²) < 4.78 is 0. The van der Waals surface area contributed by atoms with Crippen LogP contribution in [-0.4, -0.2) is 25.3 Å². The monoisotopic (exact) mass is 216 g/mol. The lowest BCUT2D eigenvalue weighted by Crippen LogP contribution is -2.07. The smallest absolute Gasteiger partial charge is 0.124 e. The van der Waals surface area contributed by atoms with E-state index < -0.39 is 6.10 Å². The fourth-order valence-corrected chi connectivity index (χ4v) is 1.46. The Kier molecular flexibility index (Phi) is 2.87. The van der Waals surface area contributed by atoms with Crippen LogP contribution in [0.15, 0.2) is 24.7 Å². The topological polar surface area (TPSA) is 71.8 Å². The van der Waals surface area contributed by atoms with Crippen LogP contribution < -0.4 is 0 Å². The number of aryl methyl sites for hydroxylation is 2. The molecule has 0 saturated carbocycles. The maximum Gasteiger partial charge on any atom is 0.124 e. The van der Waals surface area contributed by atoms with Crippen molar-refractivity contribution in [1.29, 1.82) is 0 Å². The van der Waals surface area contributed by atoms with Crippen molar-refractivity contribution in [1.82, 2.24) is 20.2 Å². The van der Waals surface area contributed by atoms with Crippen molar-refractivity contribution >= 4 is 0 Å². The molecule has 82 valence electrons. The highest BCUT2D eigenvalue weighted by atomic mass is 16.3. The summed E-state index contributed by atoms with van der Waals surface area (Å²) in [4.78, 5) is 7.99. The first-order valence-corrected chi connectivity index (χ1v) is 4.93. The predicted octanol–water partition coefficient (Wildman–Crippen LogP) is 0.965. The van der Waals surface area contributed by atoms with Crippen molar-refractivity contribution in [3.05, 3.63) is 47.3 Å². The summed E-state index contributed by atoms with van der Waals surface area (Å²) in [5, 5.41) is 18.0. The minimum atomic E-state index is -0.803. The number of nitrogens with zero attached hydrogens (tertiary/aromatic N) is 4. The maximum atomic E-state index is 10.1. The summed E-state index contributed by atoms with van der Waals surface area (Å²) in [5.41, 5.74) is 2.69. The van der Waals surface area contributed by atoms with Crippen LogP contribution in [0.5, 0.6) is 0 Å². The number of rotatable bonds is 2. The molecule has 2 aromatic heterocycles. The van der Waals surface area contributed by atoms with Crippen LogP contribution in [0.25, 0.3) is 0 Å². The SMILES string of the molecule is Cc1cc(C(O)c2cnccn2)c(C)nn1. The largest absolute Gasteiger partial charge is 0.382 e. The summed E-state index contributed by atoms with van der Waals surface area (Å²) in [6.45, 7) is 3.64. The highest BCUT2D eigenvalue weighted by Gasteiger charge is 2.15. The van der Waals surface area contributed by atoms with Crippen molar-refractivity contribution in [2.45, 2.75) is 20.0 Å². The summed E-state index contributed by atoms with van der Waals surface area (Å²) >= 11 is 0. The molecule has 0 radical (unpaired) electrons. The Hall–Kier alpha value is -1.88. The van der Waals surface area contributed by atoms with Gasteiger partial charge in [-0.15, -0.1) is 0 Å². The molecule has 0 fully saturated rings. The zero-order chi connectivity index (χ0) is 11.5. The second-order valence-corrected chi connectivity index (χ2v) is 3.56. The Balaban J connectivity index is 2.41. The van der Waals surface area contributed by atoms with Crippen LogP contribution in [-0.2, 0) is 0 Å². The van der Waals surface area contributed by atoms with Crippen molar-refractivity contribution in [2.24, 2.45) is 0 Å². The predicted molar refractivity (Wildman–Crippen MR) is 57.6 cm³/mol. The van der Waals surface area contributed by atoms with Gasteiger partial charge in [-0.1, -0.05) is 0 Å². The van der Waals surface area contributed by atoms with E-state index in [0.717, 1.165) is 5.69 Å². The molecule has 0 bridgehead atoms. The maximum absolute atomic E-state index is 10.1. The standard InChI is InChI=1S/C11H12N4O/c1-7-5-9(8(2)15-14-7)11(16)10-6-12-3-4-13-10/h3-6,11,16H,1-2H3. The molecular formula is C11H12N4O. The average Bonchev–Trinajstić information content (AvgIpc) is 2.32. The van der Waals surface area contributed by atoms with E-state index in [2.05, 4.69) is 20.2 Å². The first kappa shape index (κ1) is 10.6. The van der Waals surface area contributed by atoms with Crippen molar-refractivity contribution < 1.29 is 5.11 Å². The molecular weight excluding hydrogens is 204 g/mol. The van der Waals surface area contributed by atoms with Gasteiger partial charge in [0.05, 0.1) is 23.3 Å². The fourth-order valence-electron chi connectivity index (χ4n) is 1.46. The number of hydrogen-bond acceptors (Lipinski definition) is 5. The van der Waals surface area contributed by atoms with Gasteiger partial charge in [-0.05, 0) is 19.9 Å². The highest BCUT2D eigenvalue weighted by molar-refractivity contribution is 5.27. The minimum Gasteiger partial charge on any atom is -0.382 e. The van der Waals surface area contributed by atoms with E-state index in [9.17, 15) is 5.11 Å². The number of hydrogen-bond donors (Lipinski definition) is 1. The van der Waals surface area contributed by atoms with Crippen LogP contribution >= 0.6 is 0 Å². The summed E-state index contributed by atoms with van der Waals surface area (Å²) in [5.74, 6) is 0. The Bertz CT molecular complexity index is 487. The van der Waals surface area contributed by atoms with E-state index in [4.69, 9.17) is 0 Å². The molecule has 5 nitrogen and oxygen atoms in total. The molecule has 5 heteroatoms. The average molecular weight is 216 g/mol. The fraction of sp³-hybridized carbons (Fsp3) is 0.273. The first-order chi connectivity index (χ1) is 7.68. The van der Waals surface area contributed by atoms with Gasteiger partial charge in [0.15, 0.2) is 0 Å². The molecule has 0 aliphatic rings. The van der Waals surface area contributed by atoms with Gasteiger partial charge in [-0.2, -0.15) is 10.2 Å². The van der Waals surface area contributed by atoms with Crippen molar-refractivity contribution in [2.75, 3.05) is 0 Å². The summed E-state index contributed by atoms with van der Waals surface area (Å²) in [7, 11) is 0. The molecule has 16 heavy (non-hydrogen) atoms. The molecule has 2 aromatic rings. The molecule has 1 atom stereocenters. The third-order valence-corrected chi connectivity index (χ3v) is 2.30. The van der Waals surface area contributed by atoms with Gasteiger partial charge >= 0.3 is 0 Å². The van der Waals surface area contributed by atoms with Gasteiger partial charge in [0.25, 0.3) is 0 Å². The van der Waals surface area contributed by atoms with Gasteiger partial charge in [0.1, 0.15) is 6.10 Å². The van der Waals surface area contributed by atoms with Gasteiger partial charge in [0, 0.05) is 18.0 Å². The van der Waals surface area contributed by atoms with Gasteiger partial charge in [-0.3, -0.25) is 9.97 Å². The van der Waals surface area contributed by atoms with Crippen LogP contribution in [0.1, 0.15) is 28.7 Å². The molecule has 0 spiro atoms. The molecule has 1 unspecified atom stereocenters. The molecule has 0 saturated heterocycles. The quantitative estimate of drug-likeness (QED) is 0.809. The Labute approximate surface area is 93.2 Å². The summed E-state index contributed by atoms with van der Waals surface area (Å²) in [6, 6.07) is 1.81. The van der Waals surface area contributed by atoms with E-state index >= 15 is 0 Å². The van der Waals surface area contributed by atoms with E-state index in [-0.39, 0.29) is 0 Å². The molecule has 0 amide bonds. The second-order valence-electron chi connectivity index (χ2n) is 3.56. The Morgan fingerprint density at radius 1 is 1.19 bits per heavy atom. The molecule has 2 rings (SSSR count). The number of aliphatic hydroxyl groups excluding tert-OH is 1. The van der Waals surface area contributed by atoms with Crippen LogP contribution in [0.3, 0.4) is 0 Å². The Morgan fingerprint density at radius 3 is 2.69 bits per heavy atom. The molecule has 1 N–H and O–H groups in total. The molecule has 0 aromatic carbocycles. The molecule has 2 heterocycles. The van der Waals surface area contributed by atoms with E-state index in [1.807, 2.05) is 13.0 Å². The van der Waals surface area contributed by atoms with Crippen LogP contribution in [0.2, 0.25) is 0 Å². The highest BCUT2D eigenvalue weighted by Crippen LogP contribution is 2.21. The third-order valence-electron chi connectivity index (χ3n) is 2.30. The lowest BCUT2D eigenvalue weighted by atomic mass is 10.1. The first-order valence-electron chi connectivity index (χ1n) is 4.93. The lowest BCUT2D eigenvalue weighted by molar-refractivity contribution is 0.213. The zero-order valence-electron chi connectivity index (χ0n) is 9.12.